The van der Waals surface area contributed by atoms with E-state index in [9.17, 15) is 4.79 Å². The number of benzene rings is 2. The van der Waals surface area contributed by atoms with Gasteiger partial charge in [-0.2, -0.15) is 0 Å². The van der Waals surface area contributed by atoms with E-state index < -0.39 is 0 Å². The highest BCUT2D eigenvalue weighted by Gasteiger charge is 2.26. The zero-order chi connectivity index (χ0) is 19.3. The number of nitrogens with one attached hydrogen (secondary N) is 1. The Morgan fingerprint density at radius 3 is 2.61 bits per heavy atom. The molecule has 2 aromatic rings. The van der Waals surface area contributed by atoms with Gasteiger partial charge in [-0.1, -0.05) is 42.5 Å². The summed E-state index contributed by atoms with van der Waals surface area (Å²) in [5, 5.41) is 0. The molecule has 0 aromatic heterocycles. The zero-order valence-corrected chi connectivity index (χ0v) is 16.3. The number of hydrogen-bond acceptors (Lipinski definition) is 3. The van der Waals surface area contributed by atoms with E-state index in [0.717, 1.165) is 31.0 Å². The van der Waals surface area contributed by atoms with Gasteiger partial charge in [0.15, 0.2) is 24.1 Å². The van der Waals surface area contributed by atoms with Gasteiger partial charge in [0, 0.05) is 13.5 Å². The number of carbonyl (C=O) groups is 1. The van der Waals surface area contributed by atoms with Crippen LogP contribution >= 0.6 is 0 Å². The quantitative estimate of drug-likeness (QED) is 0.859. The van der Waals surface area contributed by atoms with Gasteiger partial charge in [-0.25, -0.2) is 0 Å². The van der Waals surface area contributed by atoms with Gasteiger partial charge in [-0.3, -0.25) is 4.79 Å². The van der Waals surface area contributed by atoms with Crippen LogP contribution in [-0.2, 0) is 4.79 Å². The van der Waals surface area contributed by atoms with Crippen LogP contribution in [0, 0.1) is 0 Å². The minimum atomic E-state index is -0.134. The lowest BCUT2D eigenvalue weighted by Crippen LogP contribution is -3.13. The summed E-state index contributed by atoms with van der Waals surface area (Å²) in [5.74, 6) is 1.67. The largest absolute Gasteiger partial charge is 0.486 e. The second kappa shape index (κ2) is 8.48. The van der Waals surface area contributed by atoms with Crippen LogP contribution in [0.25, 0.3) is 5.57 Å². The molecule has 2 atom stereocenters. The number of amides is 1. The summed E-state index contributed by atoms with van der Waals surface area (Å²) < 4.78 is 11.7. The molecule has 1 unspecified atom stereocenters. The summed E-state index contributed by atoms with van der Waals surface area (Å²) in [6.07, 6.45) is 3.15. The third kappa shape index (κ3) is 4.37. The molecular formula is C23H27N2O3+. The van der Waals surface area contributed by atoms with Gasteiger partial charge in [0.05, 0.1) is 19.6 Å². The Labute approximate surface area is 166 Å². The lowest BCUT2D eigenvalue weighted by Gasteiger charge is -2.30. The minimum Gasteiger partial charge on any atom is -0.486 e. The lowest BCUT2D eigenvalue weighted by atomic mass is 10.00. The van der Waals surface area contributed by atoms with Crippen LogP contribution in [0.4, 0.5) is 0 Å². The van der Waals surface area contributed by atoms with Gasteiger partial charge in [0.2, 0.25) is 0 Å². The predicted octanol–water partition coefficient (Wildman–Crippen LogP) is 1.66. The van der Waals surface area contributed by atoms with Crippen LogP contribution in [0.3, 0.4) is 0 Å². The van der Waals surface area contributed by atoms with Gasteiger partial charge < -0.3 is 19.3 Å². The maximum absolute atomic E-state index is 12.7. The molecule has 0 spiro atoms. The molecule has 4 rings (SSSR count). The Hall–Kier alpha value is -2.79. The summed E-state index contributed by atoms with van der Waals surface area (Å²) in [7, 11) is 1.85. The number of likely N-dealkylation sites (N-methyl/N-ethyl adjacent to an activating group) is 1. The Morgan fingerprint density at radius 1 is 1.11 bits per heavy atom. The molecule has 2 heterocycles. The fraction of sp³-hybridized carbons (Fsp3) is 0.348. The molecule has 1 N–H and O–H groups in total. The van der Waals surface area contributed by atoms with E-state index in [-0.39, 0.29) is 12.0 Å². The highest BCUT2D eigenvalue weighted by atomic mass is 16.6. The second-order valence-corrected chi connectivity index (χ2v) is 7.50. The number of hydrogen-bond donors (Lipinski definition) is 1. The molecule has 2 aliphatic rings. The Morgan fingerprint density at radius 2 is 1.86 bits per heavy atom. The van der Waals surface area contributed by atoms with Crippen LogP contribution in [0.5, 0.6) is 11.5 Å². The van der Waals surface area contributed by atoms with E-state index >= 15 is 0 Å². The van der Waals surface area contributed by atoms with E-state index in [0.29, 0.717) is 19.7 Å². The van der Waals surface area contributed by atoms with Gasteiger partial charge in [0.25, 0.3) is 5.91 Å². The molecule has 28 heavy (non-hydrogen) atoms. The van der Waals surface area contributed by atoms with Gasteiger partial charge in [-0.05, 0) is 29.3 Å². The van der Waals surface area contributed by atoms with Crippen molar-refractivity contribution in [1.29, 1.82) is 0 Å². The van der Waals surface area contributed by atoms with Crippen molar-refractivity contribution in [2.45, 2.75) is 12.5 Å². The summed E-state index contributed by atoms with van der Waals surface area (Å²) in [5.41, 5.74) is 2.68. The molecule has 1 amide bonds. The van der Waals surface area contributed by atoms with Crippen molar-refractivity contribution in [3.63, 3.8) is 0 Å². The van der Waals surface area contributed by atoms with Crippen LogP contribution < -0.4 is 14.4 Å². The summed E-state index contributed by atoms with van der Waals surface area (Å²) in [6, 6.07) is 18.1. The maximum atomic E-state index is 12.7. The first-order chi connectivity index (χ1) is 13.7. The van der Waals surface area contributed by atoms with E-state index in [4.69, 9.17) is 9.47 Å². The number of para-hydroxylation sites is 2. The molecule has 2 aromatic carbocycles. The predicted molar refractivity (Wildman–Crippen MR) is 109 cm³/mol. The molecule has 2 aliphatic heterocycles. The highest BCUT2D eigenvalue weighted by molar-refractivity contribution is 5.77. The fourth-order valence-electron chi connectivity index (χ4n) is 3.77. The van der Waals surface area contributed by atoms with E-state index in [1.54, 1.807) is 4.90 Å². The van der Waals surface area contributed by atoms with E-state index in [2.05, 4.69) is 30.3 Å². The highest BCUT2D eigenvalue weighted by Crippen LogP contribution is 2.30. The van der Waals surface area contributed by atoms with Crippen molar-refractivity contribution in [3.8, 4) is 11.5 Å². The minimum absolute atomic E-state index is 0.134. The Kier molecular flexibility index (Phi) is 5.63. The molecule has 0 radical (unpaired) electrons. The van der Waals surface area contributed by atoms with Gasteiger partial charge >= 0.3 is 0 Å². The first-order valence-electron chi connectivity index (χ1n) is 9.89. The van der Waals surface area contributed by atoms with Crippen LogP contribution in [-0.4, -0.2) is 56.7 Å². The van der Waals surface area contributed by atoms with Crippen molar-refractivity contribution in [2.75, 3.05) is 39.8 Å². The van der Waals surface area contributed by atoms with Crippen molar-refractivity contribution in [2.24, 2.45) is 0 Å². The number of quaternary nitrogens is 1. The first kappa shape index (κ1) is 18.6. The molecule has 0 saturated carbocycles. The van der Waals surface area contributed by atoms with Gasteiger partial charge in [0.1, 0.15) is 6.61 Å². The van der Waals surface area contributed by atoms with Gasteiger partial charge in [-0.15, -0.1) is 0 Å². The third-order valence-electron chi connectivity index (χ3n) is 5.40. The maximum Gasteiger partial charge on any atom is 0.277 e. The normalized spacial score (nSPS) is 21.0. The average molecular weight is 379 g/mol. The van der Waals surface area contributed by atoms with E-state index in [1.165, 1.54) is 16.0 Å². The number of ether oxygens (including phenoxy) is 2. The van der Waals surface area contributed by atoms with Crippen molar-refractivity contribution >= 4 is 11.5 Å². The van der Waals surface area contributed by atoms with Crippen molar-refractivity contribution in [3.05, 3.63) is 66.2 Å². The zero-order valence-electron chi connectivity index (χ0n) is 16.3. The summed E-state index contributed by atoms with van der Waals surface area (Å²) in [6.45, 7) is 3.39. The van der Waals surface area contributed by atoms with Crippen molar-refractivity contribution < 1.29 is 19.2 Å². The SMILES string of the molecule is CN(C[C@H]1COc2ccccc2O1)C(=O)C[NH+]1CC=C(c2ccccc2)CC1. The van der Waals surface area contributed by atoms with E-state index in [1.807, 2.05) is 37.4 Å². The fourth-order valence-corrected chi connectivity index (χ4v) is 3.77. The second-order valence-electron chi connectivity index (χ2n) is 7.50. The monoisotopic (exact) mass is 379 g/mol. The molecule has 146 valence electrons. The Balaban J connectivity index is 1.27. The van der Waals surface area contributed by atoms with Crippen molar-refractivity contribution in [1.82, 2.24) is 4.90 Å². The molecule has 5 heteroatoms. The topological polar surface area (TPSA) is 43.2 Å². The standard InChI is InChI=1S/C23H26N2O3/c1-24(15-20-17-27-21-9-5-6-10-22(21)28-20)23(26)16-25-13-11-19(12-14-25)18-7-3-2-4-8-18/h2-11,20H,12-17H2,1H3/p+1/t20-/m0/s1. The molecule has 5 nitrogen and oxygen atoms in total. The molecule has 0 fully saturated rings. The number of rotatable bonds is 5. The number of carbonyl (C=O) groups excluding carboxylic acids is 1. The van der Waals surface area contributed by atoms with Crippen LogP contribution in [0.2, 0.25) is 0 Å². The van der Waals surface area contributed by atoms with Crippen LogP contribution in [0.15, 0.2) is 60.7 Å². The molecule has 0 saturated heterocycles. The Bertz CT molecular complexity index is 850. The molecule has 0 bridgehead atoms. The summed E-state index contributed by atoms with van der Waals surface area (Å²) in [4.78, 5) is 15.7. The lowest BCUT2D eigenvalue weighted by molar-refractivity contribution is -0.887. The molecular weight excluding hydrogens is 352 g/mol. The number of nitrogens with zero attached hydrogens (tertiary/aromatic N) is 1. The first-order valence-corrected chi connectivity index (χ1v) is 9.89. The molecule has 0 aliphatic carbocycles. The third-order valence-corrected chi connectivity index (χ3v) is 5.40. The number of fused-ring (bicyclic) bond motifs is 1. The smallest absolute Gasteiger partial charge is 0.277 e. The summed E-state index contributed by atoms with van der Waals surface area (Å²) >= 11 is 0. The van der Waals surface area contributed by atoms with Crippen LogP contribution in [0.1, 0.15) is 12.0 Å². The average Bonchev–Trinajstić information content (AvgIpc) is 2.75.